The van der Waals surface area contributed by atoms with E-state index in [0.29, 0.717) is 30.6 Å². The van der Waals surface area contributed by atoms with Crippen LogP contribution in [0, 0.1) is 11.3 Å². The summed E-state index contributed by atoms with van der Waals surface area (Å²) in [6.07, 6.45) is 5.23. The molecule has 3 aliphatic rings. The first-order valence-electron chi connectivity index (χ1n) is 24.4. The lowest BCUT2D eigenvalue weighted by Crippen LogP contribution is -2.67. The zero-order valence-corrected chi connectivity index (χ0v) is 42.5. The molecule has 2 aromatic heterocycles. The number of likely N-dealkylation sites (N-methyl/N-ethyl adjacent to an activating group) is 2. The van der Waals surface area contributed by atoms with Gasteiger partial charge in [-0.3, -0.25) is 29.2 Å². The van der Waals surface area contributed by atoms with Crippen LogP contribution >= 0.6 is 0 Å². The van der Waals surface area contributed by atoms with Crippen LogP contribution in [0.25, 0.3) is 33.3 Å². The van der Waals surface area contributed by atoms with Gasteiger partial charge in [0.25, 0.3) is 11.8 Å². The van der Waals surface area contributed by atoms with Gasteiger partial charge in [-0.1, -0.05) is 45.9 Å². The number of esters is 1. The number of aliphatic hydroxyl groups is 2. The number of carbonyl (C=O) groups is 5. The molecule has 7 rings (SSSR count). The number of nitrogens with zero attached hydrogens (tertiary/aromatic N) is 6. The lowest BCUT2D eigenvalue weighted by Gasteiger charge is -2.40. The van der Waals surface area contributed by atoms with Gasteiger partial charge in [-0.2, -0.15) is 5.43 Å². The molecule has 1 unspecified atom stereocenters. The molecule has 71 heavy (non-hydrogen) atoms. The van der Waals surface area contributed by atoms with Crippen molar-refractivity contribution in [3.63, 3.8) is 0 Å². The van der Waals surface area contributed by atoms with E-state index in [1.165, 1.54) is 24.1 Å². The summed E-state index contributed by atoms with van der Waals surface area (Å²) in [6.45, 7) is 10.8. The molecule has 0 spiro atoms. The molecule has 4 amide bonds. The highest BCUT2D eigenvalue weighted by Crippen LogP contribution is 2.41. The monoisotopic (exact) mass is 979 g/mol. The number of pyridine rings is 1. The minimum absolute atomic E-state index is 0.0417. The number of hydrogen-bond acceptors (Lipinski definition) is 13. The SMILES string of the molecule is CCn1c(-c2cccnc2COC)c2c3cc(ccc31)-c1cc(O)cc(c1)C[C@H](NC(=O)[C@H](C(C)C)N(C)C(=O)C1(O)CCN(C(=O)/C=C\CN(C)C)C1)C(=O)N1CCC[C@@](O)(N1)C(=O)OCC(C)(C)C2. The van der Waals surface area contributed by atoms with Gasteiger partial charge in [-0.05, 0) is 98.4 Å². The molecule has 5 N–H and O–H groups in total. The molecule has 0 aliphatic carbocycles. The zero-order chi connectivity index (χ0) is 51.6. The number of hydrazine groups is 1. The van der Waals surface area contributed by atoms with Crippen LogP contribution in [0.4, 0.5) is 0 Å². The third-order valence-electron chi connectivity index (χ3n) is 13.7. The van der Waals surface area contributed by atoms with E-state index in [1.807, 2.05) is 63.2 Å². The maximum absolute atomic E-state index is 14.8. The number of nitrogens with one attached hydrogen (secondary N) is 2. The number of aromatic hydroxyl groups is 1. The van der Waals surface area contributed by atoms with Crippen LogP contribution in [0.15, 0.2) is 66.9 Å². The number of fused-ring (bicyclic) bond motifs is 6. The Labute approximate surface area is 415 Å². The lowest BCUT2D eigenvalue weighted by atomic mass is 9.84. The van der Waals surface area contributed by atoms with E-state index < -0.39 is 58.4 Å². The van der Waals surface area contributed by atoms with Crippen molar-refractivity contribution in [2.45, 2.75) is 103 Å². The first-order valence-corrected chi connectivity index (χ1v) is 24.4. The van der Waals surface area contributed by atoms with Crippen LogP contribution in [0.3, 0.4) is 0 Å². The van der Waals surface area contributed by atoms with E-state index in [-0.39, 0.29) is 70.2 Å². The second-order valence-electron chi connectivity index (χ2n) is 20.7. The van der Waals surface area contributed by atoms with E-state index in [4.69, 9.17) is 9.47 Å². The van der Waals surface area contributed by atoms with Gasteiger partial charge in [0.1, 0.15) is 17.8 Å². The van der Waals surface area contributed by atoms with Crippen LogP contribution in [0.1, 0.15) is 70.7 Å². The van der Waals surface area contributed by atoms with Crippen molar-refractivity contribution in [2.75, 3.05) is 61.0 Å². The highest BCUT2D eigenvalue weighted by molar-refractivity contribution is 5.97. The number of phenols is 1. The van der Waals surface area contributed by atoms with E-state index >= 15 is 0 Å². The molecule has 5 heterocycles. The van der Waals surface area contributed by atoms with Crippen LogP contribution in [-0.4, -0.2) is 159 Å². The minimum atomic E-state index is -2.30. The van der Waals surface area contributed by atoms with E-state index in [2.05, 4.69) is 33.3 Å². The molecule has 4 aromatic rings. The summed E-state index contributed by atoms with van der Waals surface area (Å²) in [6, 6.07) is 12.4. The Hall–Kier alpha value is -6.18. The van der Waals surface area contributed by atoms with E-state index in [1.54, 1.807) is 39.3 Å². The van der Waals surface area contributed by atoms with Crippen LogP contribution in [-0.2, 0) is 59.4 Å². The average molecular weight is 979 g/mol. The number of aromatic nitrogens is 2. The minimum Gasteiger partial charge on any atom is -0.508 e. The standard InChI is InChI=1S/C53H70N8O10/c1-10-60-43-17-16-35-28-39(43)40(46(60)38-14-11-20-54-42(38)30-70-9)29-51(4,5)32-71-50(67)53(69)18-13-22-61(56-53)48(65)41(26-34-24-36(35)27-37(62)25-34)55-47(64)45(33(2)3)58(8)49(66)52(68)19-23-59(31-52)44(63)15-12-21-57(6)7/h11-12,14-17,20,24-25,27-28,33,41,45,56,62,68-69H,10,13,18-19,21-23,26,29-32H2,1-9H3,(H,55,64)/b15-12-/t41-,45-,52?,53-/m0/s1. The normalized spacial score (nSPS) is 22.2. The molecule has 6 bridgehead atoms. The van der Waals surface area contributed by atoms with E-state index in [0.717, 1.165) is 48.9 Å². The zero-order valence-electron chi connectivity index (χ0n) is 42.5. The smallest absolute Gasteiger partial charge is 0.355 e. The van der Waals surface area contributed by atoms with E-state index in [9.17, 15) is 39.3 Å². The quantitative estimate of drug-likeness (QED) is 0.101. The second-order valence-corrected chi connectivity index (χ2v) is 20.7. The summed E-state index contributed by atoms with van der Waals surface area (Å²) in [5.41, 5.74) is 4.19. The summed E-state index contributed by atoms with van der Waals surface area (Å²) in [5, 5.41) is 39.9. The molecular weight excluding hydrogens is 909 g/mol. The number of hydrogen-bond donors (Lipinski definition) is 5. The summed E-state index contributed by atoms with van der Waals surface area (Å²) in [7, 11) is 6.77. The number of phenolic OH excluding ortho intramolecular Hbond substituents is 1. The van der Waals surface area contributed by atoms with Gasteiger partial charge in [0.2, 0.25) is 17.5 Å². The van der Waals surface area contributed by atoms with Gasteiger partial charge in [-0.15, -0.1) is 0 Å². The second kappa shape index (κ2) is 21.3. The number of amides is 4. The lowest BCUT2D eigenvalue weighted by molar-refractivity contribution is -0.189. The summed E-state index contributed by atoms with van der Waals surface area (Å²) < 4.78 is 13.8. The summed E-state index contributed by atoms with van der Waals surface area (Å²) in [5.74, 6) is -4.07. The predicted molar refractivity (Wildman–Crippen MR) is 267 cm³/mol. The molecule has 0 saturated carbocycles. The average Bonchev–Trinajstić information content (AvgIpc) is 3.87. The number of ether oxygens (including phenoxy) is 2. The van der Waals surface area contributed by atoms with Gasteiger partial charge >= 0.3 is 5.97 Å². The third kappa shape index (κ3) is 11.3. The van der Waals surface area contributed by atoms with Crippen LogP contribution in [0.5, 0.6) is 5.75 Å². The molecule has 4 atom stereocenters. The number of likely N-dealkylation sites (tertiary alicyclic amines) is 1. The number of methoxy groups -OCH3 is 1. The fraction of sp³-hybridized carbons (Fsp3) is 0.509. The molecule has 18 nitrogen and oxygen atoms in total. The Morgan fingerprint density at radius 1 is 1.04 bits per heavy atom. The number of benzene rings is 2. The van der Waals surface area contributed by atoms with Gasteiger partial charge in [0, 0.05) is 93.8 Å². The van der Waals surface area contributed by atoms with Gasteiger partial charge in [-0.25, -0.2) is 4.79 Å². The number of cyclic esters (lactones) is 1. The molecule has 0 radical (unpaired) electrons. The molecule has 18 heteroatoms. The highest BCUT2D eigenvalue weighted by atomic mass is 16.6. The third-order valence-corrected chi connectivity index (χ3v) is 13.7. The molecule has 2 aromatic carbocycles. The Balaban J connectivity index is 1.28. The largest absolute Gasteiger partial charge is 0.508 e. The number of rotatable bonds is 12. The number of β-amino-alcohol motifs (C(OH)–C–C–N with tert-alkyl or cyclic N) is 1. The maximum Gasteiger partial charge on any atom is 0.355 e. The van der Waals surface area contributed by atoms with Crippen molar-refractivity contribution in [2.24, 2.45) is 11.3 Å². The van der Waals surface area contributed by atoms with Crippen molar-refractivity contribution in [3.8, 4) is 28.1 Å². The van der Waals surface area contributed by atoms with Crippen molar-refractivity contribution in [1.82, 2.24) is 40.0 Å². The van der Waals surface area contributed by atoms with Crippen molar-refractivity contribution in [1.29, 1.82) is 0 Å². The molecule has 2 saturated heterocycles. The predicted octanol–water partition coefficient (Wildman–Crippen LogP) is 3.77. The summed E-state index contributed by atoms with van der Waals surface area (Å²) in [4.78, 5) is 79.8. The molecule has 382 valence electrons. The molecule has 2 fully saturated rings. The van der Waals surface area contributed by atoms with Crippen molar-refractivity contribution >= 4 is 40.5 Å². The Kier molecular flexibility index (Phi) is 15.8. The van der Waals surface area contributed by atoms with Gasteiger partial charge in [0.15, 0.2) is 5.60 Å². The van der Waals surface area contributed by atoms with Gasteiger partial charge < -0.3 is 49.4 Å². The van der Waals surface area contributed by atoms with Gasteiger partial charge in [0.05, 0.1) is 31.1 Å². The van der Waals surface area contributed by atoms with Crippen molar-refractivity contribution < 1.29 is 48.8 Å². The van der Waals surface area contributed by atoms with Crippen molar-refractivity contribution in [3.05, 3.63) is 83.7 Å². The first-order chi connectivity index (χ1) is 33.6. The highest BCUT2D eigenvalue weighted by Gasteiger charge is 2.49. The number of carbonyl (C=O) groups excluding carboxylic acids is 5. The summed E-state index contributed by atoms with van der Waals surface area (Å²) >= 11 is 0. The Morgan fingerprint density at radius 2 is 1.80 bits per heavy atom. The molecular formula is C53H70N8O10. The number of aryl methyl sites for hydroxylation is 1. The Morgan fingerprint density at radius 3 is 2.51 bits per heavy atom. The maximum atomic E-state index is 14.8. The first kappa shape index (κ1) is 52.6. The fourth-order valence-corrected chi connectivity index (χ4v) is 10.2. The Bertz CT molecular complexity index is 2700. The topological polar surface area (TPSA) is 219 Å². The van der Waals surface area contributed by atoms with Crippen LogP contribution < -0.4 is 10.7 Å². The fourth-order valence-electron chi connectivity index (χ4n) is 10.2. The molecule has 3 aliphatic heterocycles. The van der Waals surface area contributed by atoms with Crippen LogP contribution in [0.2, 0.25) is 0 Å².